The maximum absolute atomic E-state index is 13.1. The highest BCUT2D eigenvalue weighted by Gasteiger charge is 2.28. The third kappa shape index (κ3) is 7.69. The maximum atomic E-state index is 13.1. The predicted octanol–water partition coefficient (Wildman–Crippen LogP) is 5.21. The summed E-state index contributed by atoms with van der Waals surface area (Å²) in [6.07, 6.45) is 0. The molecule has 1 unspecified atom stereocenters. The molecule has 30 heavy (non-hydrogen) atoms. The molecule has 0 aliphatic rings. The molecule has 6 heteroatoms. The van der Waals surface area contributed by atoms with Crippen LogP contribution in [-0.2, 0) is 21.9 Å². The Kier molecular flexibility index (Phi) is 8.80. The van der Waals surface area contributed by atoms with Crippen molar-refractivity contribution in [3.8, 4) is 0 Å². The van der Waals surface area contributed by atoms with Crippen LogP contribution in [0.15, 0.2) is 48.5 Å². The summed E-state index contributed by atoms with van der Waals surface area (Å²) in [5.41, 5.74) is 2.91. The second-order valence-electron chi connectivity index (χ2n) is 8.48. The predicted molar refractivity (Wildman–Crippen MR) is 127 cm³/mol. The zero-order chi connectivity index (χ0) is 22.3. The number of nitrogens with zero attached hydrogens (tertiary/aromatic N) is 1. The number of carbonyl (C=O) groups excluding carboxylic acids is 2. The van der Waals surface area contributed by atoms with E-state index in [1.54, 1.807) is 11.8 Å². The number of hydrogen-bond donors (Lipinski definition) is 1. The zero-order valence-corrected chi connectivity index (χ0v) is 19.9. The van der Waals surface area contributed by atoms with Crippen molar-refractivity contribution >= 4 is 35.2 Å². The number of aryl methyl sites for hydroxylation is 1. The van der Waals surface area contributed by atoms with E-state index in [1.165, 1.54) is 11.8 Å². The first kappa shape index (κ1) is 24.3. The van der Waals surface area contributed by atoms with E-state index in [2.05, 4.69) is 5.32 Å². The first-order valence-electron chi connectivity index (χ1n) is 10.0. The summed E-state index contributed by atoms with van der Waals surface area (Å²) in [6.45, 7) is 10.0. The van der Waals surface area contributed by atoms with Crippen LogP contribution >= 0.6 is 23.4 Å². The van der Waals surface area contributed by atoms with Crippen LogP contribution in [0.2, 0.25) is 5.02 Å². The normalized spacial score (nSPS) is 12.3. The molecular formula is C24H31ClN2O2S. The fourth-order valence-electron chi connectivity index (χ4n) is 2.95. The first-order valence-corrected chi connectivity index (χ1v) is 11.6. The van der Waals surface area contributed by atoms with Crippen LogP contribution in [-0.4, -0.2) is 34.0 Å². The maximum Gasteiger partial charge on any atom is 0.242 e. The number of benzene rings is 2. The summed E-state index contributed by atoms with van der Waals surface area (Å²) in [5.74, 6) is 0.826. The van der Waals surface area contributed by atoms with Gasteiger partial charge in [0.1, 0.15) is 6.04 Å². The van der Waals surface area contributed by atoms with E-state index in [0.29, 0.717) is 23.1 Å². The third-order valence-electron chi connectivity index (χ3n) is 4.67. The van der Waals surface area contributed by atoms with E-state index in [1.807, 2.05) is 76.2 Å². The molecule has 4 nitrogen and oxygen atoms in total. The lowest BCUT2D eigenvalue weighted by Gasteiger charge is -2.31. The molecule has 0 radical (unpaired) electrons. The Labute approximate surface area is 189 Å². The summed E-state index contributed by atoms with van der Waals surface area (Å²) in [5, 5.41) is 3.69. The second kappa shape index (κ2) is 10.9. The molecule has 0 aliphatic carbocycles. The lowest BCUT2D eigenvalue weighted by molar-refractivity contribution is -0.139. The van der Waals surface area contributed by atoms with E-state index < -0.39 is 6.04 Å². The van der Waals surface area contributed by atoms with Gasteiger partial charge in [-0.15, -0.1) is 11.8 Å². The molecule has 0 aliphatic heterocycles. The van der Waals surface area contributed by atoms with Crippen molar-refractivity contribution in [1.29, 1.82) is 0 Å². The van der Waals surface area contributed by atoms with Crippen LogP contribution in [0.1, 0.15) is 44.4 Å². The molecule has 2 aromatic carbocycles. The van der Waals surface area contributed by atoms with E-state index in [-0.39, 0.29) is 17.4 Å². The number of hydrogen-bond acceptors (Lipinski definition) is 3. The fraction of sp³-hybridized carbons (Fsp3) is 0.417. The Balaban J connectivity index is 2.10. The van der Waals surface area contributed by atoms with Gasteiger partial charge in [0.2, 0.25) is 11.8 Å². The van der Waals surface area contributed by atoms with Crippen LogP contribution in [0.25, 0.3) is 0 Å². The molecule has 2 aromatic rings. The van der Waals surface area contributed by atoms with Gasteiger partial charge in [-0.1, -0.05) is 48.0 Å². The van der Waals surface area contributed by atoms with Gasteiger partial charge in [0, 0.05) is 22.9 Å². The smallest absolute Gasteiger partial charge is 0.242 e. The average molecular weight is 447 g/mol. The van der Waals surface area contributed by atoms with Crippen LogP contribution < -0.4 is 5.32 Å². The SMILES string of the molecule is Cc1ccccc1CN(C(=O)CSCc1ccc(Cl)cc1)C(C)C(=O)NC(C)(C)C. The first-order chi connectivity index (χ1) is 14.1. The van der Waals surface area contributed by atoms with Crippen molar-refractivity contribution in [2.45, 2.75) is 58.5 Å². The second-order valence-corrected chi connectivity index (χ2v) is 9.90. The van der Waals surface area contributed by atoms with Crippen molar-refractivity contribution in [2.75, 3.05) is 5.75 Å². The topological polar surface area (TPSA) is 49.4 Å². The summed E-state index contributed by atoms with van der Waals surface area (Å²) >= 11 is 7.47. The summed E-state index contributed by atoms with van der Waals surface area (Å²) in [6, 6.07) is 15.0. The monoisotopic (exact) mass is 446 g/mol. The van der Waals surface area contributed by atoms with Crippen LogP contribution in [0.3, 0.4) is 0 Å². The van der Waals surface area contributed by atoms with E-state index in [4.69, 9.17) is 11.6 Å². The van der Waals surface area contributed by atoms with Crippen LogP contribution in [0.4, 0.5) is 0 Å². The van der Waals surface area contributed by atoms with E-state index >= 15 is 0 Å². The van der Waals surface area contributed by atoms with Crippen molar-refractivity contribution in [1.82, 2.24) is 10.2 Å². The minimum Gasteiger partial charge on any atom is -0.350 e. The van der Waals surface area contributed by atoms with Gasteiger partial charge >= 0.3 is 0 Å². The molecule has 0 saturated heterocycles. The Morgan fingerprint density at radius 2 is 1.73 bits per heavy atom. The quantitative estimate of drug-likeness (QED) is 0.605. The summed E-state index contributed by atoms with van der Waals surface area (Å²) < 4.78 is 0. The number of halogens is 1. The number of carbonyl (C=O) groups is 2. The van der Waals surface area contributed by atoms with Gasteiger partial charge in [-0.2, -0.15) is 0 Å². The van der Waals surface area contributed by atoms with Crippen molar-refractivity contribution in [3.05, 3.63) is 70.2 Å². The van der Waals surface area contributed by atoms with Gasteiger partial charge < -0.3 is 10.2 Å². The molecule has 162 valence electrons. The van der Waals surface area contributed by atoms with Gasteiger partial charge in [0.05, 0.1) is 5.75 Å². The molecule has 1 N–H and O–H groups in total. The largest absolute Gasteiger partial charge is 0.350 e. The average Bonchev–Trinajstić information content (AvgIpc) is 2.67. The Bertz CT molecular complexity index is 862. The van der Waals surface area contributed by atoms with E-state index in [9.17, 15) is 9.59 Å². The molecule has 0 spiro atoms. The van der Waals surface area contributed by atoms with Gasteiger partial charge in [0.25, 0.3) is 0 Å². The van der Waals surface area contributed by atoms with Gasteiger partial charge in [-0.05, 0) is 63.4 Å². The van der Waals surface area contributed by atoms with Crippen molar-refractivity contribution < 1.29 is 9.59 Å². The molecule has 0 saturated carbocycles. The lowest BCUT2D eigenvalue weighted by Crippen LogP contribution is -2.52. The number of rotatable bonds is 8. The standard InChI is InChI=1S/C24H31ClN2O2S/c1-17-8-6-7-9-20(17)14-27(18(2)23(29)26-24(3,4)5)22(28)16-30-15-19-10-12-21(25)13-11-19/h6-13,18H,14-16H2,1-5H3,(H,26,29). The van der Waals surface area contributed by atoms with E-state index in [0.717, 1.165) is 16.7 Å². The van der Waals surface area contributed by atoms with Crippen LogP contribution in [0.5, 0.6) is 0 Å². The highest BCUT2D eigenvalue weighted by Crippen LogP contribution is 2.19. The molecule has 2 rings (SSSR count). The number of amides is 2. The van der Waals surface area contributed by atoms with Gasteiger partial charge in [0.15, 0.2) is 0 Å². The number of thioether (sulfide) groups is 1. The minimum absolute atomic E-state index is 0.0474. The molecule has 0 fully saturated rings. The number of nitrogens with one attached hydrogen (secondary N) is 1. The van der Waals surface area contributed by atoms with Gasteiger partial charge in [-0.3, -0.25) is 9.59 Å². The molecule has 2 amide bonds. The highest BCUT2D eigenvalue weighted by atomic mass is 35.5. The molecule has 0 bridgehead atoms. The lowest BCUT2D eigenvalue weighted by atomic mass is 10.1. The van der Waals surface area contributed by atoms with Crippen LogP contribution in [0, 0.1) is 6.92 Å². The zero-order valence-electron chi connectivity index (χ0n) is 18.4. The van der Waals surface area contributed by atoms with Crippen molar-refractivity contribution in [2.24, 2.45) is 0 Å². The molecular weight excluding hydrogens is 416 g/mol. The molecule has 0 aromatic heterocycles. The summed E-state index contributed by atoms with van der Waals surface area (Å²) in [7, 11) is 0. The minimum atomic E-state index is -0.563. The molecule has 1 atom stereocenters. The Morgan fingerprint density at radius 3 is 2.33 bits per heavy atom. The Hall–Kier alpha value is -1.98. The molecule has 0 heterocycles. The fourth-order valence-corrected chi connectivity index (χ4v) is 3.94. The van der Waals surface area contributed by atoms with Gasteiger partial charge in [-0.25, -0.2) is 0 Å². The third-order valence-corrected chi connectivity index (χ3v) is 5.92. The Morgan fingerprint density at radius 1 is 1.10 bits per heavy atom. The summed E-state index contributed by atoms with van der Waals surface area (Å²) in [4.78, 5) is 27.6. The highest BCUT2D eigenvalue weighted by molar-refractivity contribution is 7.99. The van der Waals surface area contributed by atoms with Crippen molar-refractivity contribution in [3.63, 3.8) is 0 Å².